The molecular formula is C18H13F3N2OS. The largest absolute Gasteiger partial charge is 0.418 e. The van der Waals surface area contributed by atoms with E-state index in [-0.39, 0.29) is 16.8 Å². The van der Waals surface area contributed by atoms with Crippen molar-refractivity contribution >= 4 is 34.6 Å². The number of aliphatic imine (C=N–C) groups is 1. The first-order chi connectivity index (χ1) is 11.8. The van der Waals surface area contributed by atoms with Crippen LogP contribution in [0.2, 0.25) is 0 Å². The molecule has 1 aliphatic rings. The summed E-state index contributed by atoms with van der Waals surface area (Å²) in [4.78, 5) is 16.4. The van der Waals surface area contributed by atoms with Crippen LogP contribution in [0, 0.1) is 6.92 Å². The van der Waals surface area contributed by atoms with E-state index < -0.39 is 11.7 Å². The maximum Gasteiger partial charge on any atom is 0.418 e. The van der Waals surface area contributed by atoms with Gasteiger partial charge in [-0.25, -0.2) is 4.99 Å². The minimum absolute atomic E-state index is 0.125. The third kappa shape index (κ3) is 4.11. The molecule has 0 saturated carbocycles. The van der Waals surface area contributed by atoms with Crippen LogP contribution in [0.15, 0.2) is 58.4 Å². The molecule has 3 nitrogen and oxygen atoms in total. The van der Waals surface area contributed by atoms with E-state index in [1.54, 1.807) is 6.08 Å². The fourth-order valence-electron chi connectivity index (χ4n) is 2.21. The van der Waals surface area contributed by atoms with Crippen molar-refractivity contribution in [3.05, 3.63) is 70.1 Å². The lowest BCUT2D eigenvalue weighted by Crippen LogP contribution is -2.19. The van der Waals surface area contributed by atoms with Crippen molar-refractivity contribution < 1.29 is 18.0 Å². The molecule has 1 fully saturated rings. The van der Waals surface area contributed by atoms with Crippen LogP contribution in [-0.2, 0) is 11.0 Å². The molecule has 3 rings (SSSR count). The molecule has 25 heavy (non-hydrogen) atoms. The molecule has 1 heterocycles. The number of aryl methyl sites for hydroxylation is 1. The summed E-state index contributed by atoms with van der Waals surface area (Å²) in [7, 11) is 0. The Hall–Kier alpha value is -2.54. The van der Waals surface area contributed by atoms with Gasteiger partial charge in [-0.3, -0.25) is 4.79 Å². The zero-order valence-electron chi connectivity index (χ0n) is 13.1. The van der Waals surface area contributed by atoms with Crippen molar-refractivity contribution in [2.75, 3.05) is 0 Å². The maximum absolute atomic E-state index is 13.0. The molecule has 1 amide bonds. The van der Waals surface area contributed by atoms with Crippen molar-refractivity contribution in [3.8, 4) is 0 Å². The van der Waals surface area contributed by atoms with Gasteiger partial charge in [-0.1, -0.05) is 42.0 Å². The number of thioether (sulfide) groups is 1. The number of hydrogen-bond acceptors (Lipinski definition) is 3. The Kier molecular flexibility index (Phi) is 4.67. The van der Waals surface area contributed by atoms with Crippen molar-refractivity contribution in [3.63, 3.8) is 0 Å². The molecule has 1 saturated heterocycles. The summed E-state index contributed by atoms with van der Waals surface area (Å²) in [5.74, 6) is -0.381. The van der Waals surface area contributed by atoms with Crippen LogP contribution in [-0.4, -0.2) is 11.1 Å². The molecule has 1 aliphatic heterocycles. The van der Waals surface area contributed by atoms with Crippen LogP contribution >= 0.6 is 11.8 Å². The second-order valence-electron chi connectivity index (χ2n) is 5.41. The van der Waals surface area contributed by atoms with Gasteiger partial charge in [-0.2, -0.15) is 13.2 Å². The van der Waals surface area contributed by atoms with Crippen LogP contribution in [0.1, 0.15) is 16.7 Å². The summed E-state index contributed by atoms with van der Waals surface area (Å²) in [5, 5.41) is 2.63. The van der Waals surface area contributed by atoms with E-state index in [1.165, 1.54) is 18.2 Å². The van der Waals surface area contributed by atoms with Crippen molar-refractivity contribution in [1.29, 1.82) is 0 Å². The number of carbonyl (C=O) groups is 1. The predicted octanol–water partition coefficient (Wildman–Crippen LogP) is 4.91. The Morgan fingerprint density at radius 2 is 1.76 bits per heavy atom. The molecule has 0 aliphatic carbocycles. The molecule has 0 radical (unpaired) electrons. The Balaban J connectivity index is 1.88. The van der Waals surface area contributed by atoms with Crippen LogP contribution in [0.25, 0.3) is 6.08 Å². The van der Waals surface area contributed by atoms with E-state index in [0.717, 1.165) is 29.0 Å². The molecule has 0 spiro atoms. The summed E-state index contributed by atoms with van der Waals surface area (Å²) >= 11 is 1.02. The first-order valence-electron chi connectivity index (χ1n) is 7.35. The Morgan fingerprint density at radius 3 is 2.44 bits per heavy atom. The highest BCUT2D eigenvalue weighted by Gasteiger charge is 2.34. The van der Waals surface area contributed by atoms with Crippen LogP contribution in [0.4, 0.5) is 18.9 Å². The number of nitrogens with one attached hydrogen (secondary N) is 1. The SMILES string of the molecule is Cc1ccc(/C=C2\SC(=Nc3ccccc3C(F)(F)F)NC2=O)cc1. The number of benzene rings is 2. The lowest BCUT2D eigenvalue weighted by atomic mass is 10.1. The molecule has 7 heteroatoms. The van der Waals surface area contributed by atoms with Gasteiger partial charge in [0.15, 0.2) is 5.17 Å². The first-order valence-corrected chi connectivity index (χ1v) is 8.17. The third-order valence-corrected chi connectivity index (χ3v) is 4.37. The summed E-state index contributed by atoms with van der Waals surface area (Å²) in [5.41, 5.74) is 0.861. The van der Waals surface area contributed by atoms with Gasteiger partial charge in [0.25, 0.3) is 5.91 Å². The Morgan fingerprint density at radius 1 is 1.08 bits per heavy atom. The average molecular weight is 362 g/mol. The fourth-order valence-corrected chi connectivity index (χ4v) is 3.05. The van der Waals surface area contributed by atoms with Gasteiger partial charge in [-0.05, 0) is 42.5 Å². The smallest absolute Gasteiger partial charge is 0.300 e. The van der Waals surface area contributed by atoms with Crippen molar-refractivity contribution in [1.82, 2.24) is 5.32 Å². The molecule has 1 N–H and O–H groups in total. The highest BCUT2D eigenvalue weighted by Crippen LogP contribution is 2.37. The van der Waals surface area contributed by atoms with Crippen molar-refractivity contribution in [2.45, 2.75) is 13.1 Å². The lowest BCUT2D eigenvalue weighted by Gasteiger charge is -2.09. The second-order valence-corrected chi connectivity index (χ2v) is 6.44. The van der Waals surface area contributed by atoms with E-state index >= 15 is 0 Å². The minimum Gasteiger partial charge on any atom is -0.300 e. The van der Waals surface area contributed by atoms with E-state index in [0.29, 0.717) is 4.91 Å². The normalized spacial score (nSPS) is 18.0. The number of hydrogen-bond donors (Lipinski definition) is 1. The van der Waals surface area contributed by atoms with Crippen LogP contribution < -0.4 is 5.32 Å². The zero-order chi connectivity index (χ0) is 18.0. The monoisotopic (exact) mass is 362 g/mol. The van der Waals surface area contributed by atoms with E-state index in [4.69, 9.17) is 0 Å². The van der Waals surface area contributed by atoms with Gasteiger partial charge in [0.2, 0.25) is 0 Å². The predicted molar refractivity (Wildman–Crippen MR) is 93.4 cm³/mol. The Bertz CT molecular complexity index is 871. The standard InChI is InChI=1S/C18H13F3N2OS/c1-11-6-8-12(9-7-11)10-15-16(24)23-17(25-15)22-14-5-3-2-4-13(14)18(19,20)21/h2-10H,1H3,(H,22,23,24)/b15-10-. The Labute approximate surface area is 146 Å². The summed E-state index contributed by atoms with van der Waals surface area (Å²) in [6, 6.07) is 12.6. The number of carbonyl (C=O) groups excluding carboxylic acids is 1. The van der Waals surface area contributed by atoms with Gasteiger partial charge in [0.1, 0.15) is 0 Å². The molecule has 2 aromatic rings. The summed E-state index contributed by atoms with van der Waals surface area (Å²) in [6.45, 7) is 1.96. The number of nitrogens with zero attached hydrogens (tertiary/aromatic N) is 1. The third-order valence-electron chi connectivity index (χ3n) is 3.46. The van der Waals surface area contributed by atoms with E-state index in [2.05, 4.69) is 10.3 Å². The van der Waals surface area contributed by atoms with Gasteiger partial charge in [0.05, 0.1) is 16.2 Å². The number of alkyl halides is 3. The lowest BCUT2D eigenvalue weighted by molar-refractivity contribution is -0.137. The molecule has 0 bridgehead atoms. The number of amidine groups is 1. The highest BCUT2D eigenvalue weighted by molar-refractivity contribution is 8.18. The number of halogens is 3. The van der Waals surface area contributed by atoms with Crippen LogP contribution in [0.5, 0.6) is 0 Å². The summed E-state index contributed by atoms with van der Waals surface area (Å²) < 4.78 is 39.1. The van der Waals surface area contributed by atoms with E-state index in [1.807, 2.05) is 31.2 Å². The number of para-hydroxylation sites is 1. The fraction of sp³-hybridized carbons (Fsp3) is 0.111. The second kappa shape index (κ2) is 6.76. The number of amides is 1. The maximum atomic E-state index is 13.0. The molecular weight excluding hydrogens is 349 g/mol. The topological polar surface area (TPSA) is 41.5 Å². The quantitative estimate of drug-likeness (QED) is 0.772. The molecule has 128 valence electrons. The first kappa shape index (κ1) is 17.3. The molecule has 0 aromatic heterocycles. The minimum atomic E-state index is -4.51. The highest BCUT2D eigenvalue weighted by atomic mass is 32.2. The zero-order valence-corrected chi connectivity index (χ0v) is 13.9. The average Bonchev–Trinajstić information content (AvgIpc) is 2.88. The number of rotatable bonds is 2. The van der Waals surface area contributed by atoms with Crippen LogP contribution in [0.3, 0.4) is 0 Å². The van der Waals surface area contributed by atoms with Gasteiger partial charge < -0.3 is 5.32 Å². The molecule has 0 unspecified atom stereocenters. The van der Waals surface area contributed by atoms with Gasteiger partial charge >= 0.3 is 6.18 Å². The summed E-state index contributed by atoms with van der Waals surface area (Å²) in [6.07, 6.45) is -2.83. The molecule has 0 atom stereocenters. The van der Waals surface area contributed by atoms with Gasteiger partial charge in [-0.15, -0.1) is 0 Å². The molecule has 2 aromatic carbocycles. The van der Waals surface area contributed by atoms with Crippen molar-refractivity contribution in [2.24, 2.45) is 4.99 Å². The van der Waals surface area contributed by atoms with Gasteiger partial charge in [0, 0.05) is 0 Å². The van der Waals surface area contributed by atoms with E-state index in [9.17, 15) is 18.0 Å².